The summed E-state index contributed by atoms with van der Waals surface area (Å²) >= 11 is 0. The van der Waals surface area contributed by atoms with Crippen LogP contribution < -0.4 is 0 Å². The van der Waals surface area contributed by atoms with E-state index in [1.165, 1.54) is 12.1 Å². The number of phenols is 1. The zero-order valence-electron chi connectivity index (χ0n) is 14.4. The van der Waals surface area contributed by atoms with Crippen molar-refractivity contribution in [3.63, 3.8) is 0 Å². The zero-order valence-corrected chi connectivity index (χ0v) is 14.4. The van der Waals surface area contributed by atoms with Crippen LogP contribution >= 0.6 is 0 Å². The fraction of sp³-hybridized carbons (Fsp3) is 0.250. The van der Waals surface area contributed by atoms with Gasteiger partial charge in [-0.3, -0.25) is 4.90 Å². The molecule has 0 aliphatic carbocycles. The molecule has 7 heteroatoms. The minimum atomic E-state index is -4.35. The zero-order chi connectivity index (χ0) is 19.0. The molecule has 1 aromatic heterocycles. The lowest BCUT2D eigenvalue weighted by atomic mass is 9.90. The first kappa shape index (κ1) is 17.6. The van der Waals surface area contributed by atoms with E-state index < -0.39 is 11.7 Å². The average Bonchev–Trinajstić information content (AvgIpc) is 3.09. The van der Waals surface area contributed by atoms with Gasteiger partial charge in [-0.1, -0.05) is 30.3 Å². The summed E-state index contributed by atoms with van der Waals surface area (Å²) in [6.45, 7) is 1.59. The summed E-state index contributed by atoms with van der Waals surface area (Å²) in [6.07, 6.45) is -2.72. The maximum atomic E-state index is 13.0. The largest absolute Gasteiger partial charge is 0.508 e. The van der Waals surface area contributed by atoms with Gasteiger partial charge in [-0.25, -0.2) is 4.98 Å². The van der Waals surface area contributed by atoms with Gasteiger partial charge in [-0.2, -0.15) is 13.2 Å². The lowest BCUT2D eigenvalue weighted by Gasteiger charge is -2.32. The van der Waals surface area contributed by atoms with Crippen LogP contribution in [0.2, 0.25) is 0 Å². The molecule has 2 heterocycles. The Balaban J connectivity index is 1.61. The Hall–Kier alpha value is -2.80. The van der Waals surface area contributed by atoms with Crippen molar-refractivity contribution in [2.45, 2.75) is 25.2 Å². The highest BCUT2D eigenvalue weighted by atomic mass is 19.4. The molecule has 4 nitrogen and oxygen atoms in total. The van der Waals surface area contributed by atoms with Gasteiger partial charge in [-0.05, 0) is 29.3 Å². The number of phenolic OH excluding ortho intramolecular Hbond substituents is 1. The molecule has 140 valence electrons. The summed E-state index contributed by atoms with van der Waals surface area (Å²) < 4.78 is 38.9. The molecule has 1 aliphatic rings. The van der Waals surface area contributed by atoms with Crippen LogP contribution in [0.3, 0.4) is 0 Å². The second-order valence-corrected chi connectivity index (χ2v) is 6.78. The Morgan fingerprint density at radius 2 is 1.96 bits per heavy atom. The number of aromatic nitrogens is 2. The first-order valence-electron chi connectivity index (χ1n) is 8.60. The molecule has 4 rings (SSSR count). The molecular weight excluding hydrogens is 355 g/mol. The van der Waals surface area contributed by atoms with Gasteiger partial charge in [0.2, 0.25) is 0 Å². The predicted molar refractivity (Wildman–Crippen MR) is 94.1 cm³/mol. The van der Waals surface area contributed by atoms with E-state index in [1.54, 1.807) is 30.6 Å². The smallest absolute Gasteiger partial charge is 0.416 e. The van der Waals surface area contributed by atoms with Gasteiger partial charge in [0.15, 0.2) is 0 Å². The Labute approximate surface area is 154 Å². The number of alkyl halides is 3. The summed E-state index contributed by atoms with van der Waals surface area (Å²) in [6, 6.07) is 12.5. The van der Waals surface area contributed by atoms with Gasteiger partial charge in [0, 0.05) is 25.6 Å². The van der Waals surface area contributed by atoms with Crippen LogP contribution in [-0.2, 0) is 19.3 Å². The highest BCUT2D eigenvalue weighted by Crippen LogP contribution is 2.34. The van der Waals surface area contributed by atoms with E-state index in [-0.39, 0.29) is 11.7 Å². The summed E-state index contributed by atoms with van der Waals surface area (Å²) in [5.41, 5.74) is 2.77. The van der Waals surface area contributed by atoms with Crippen LogP contribution in [0.5, 0.6) is 5.75 Å². The molecular formula is C20H18F3N3O. The highest BCUT2D eigenvalue weighted by Gasteiger charge is 2.32. The fourth-order valence-corrected chi connectivity index (χ4v) is 3.62. The lowest BCUT2D eigenvalue weighted by molar-refractivity contribution is -0.137. The number of rotatable bonds is 3. The number of hydrogen-bond donors (Lipinski definition) is 2. The van der Waals surface area contributed by atoms with Gasteiger partial charge in [0.05, 0.1) is 23.3 Å². The third-order valence-corrected chi connectivity index (χ3v) is 4.84. The van der Waals surface area contributed by atoms with Crippen molar-refractivity contribution >= 4 is 0 Å². The Kier molecular flexibility index (Phi) is 4.39. The number of benzene rings is 2. The summed E-state index contributed by atoms with van der Waals surface area (Å²) in [4.78, 5) is 9.64. The van der Waals surface area contributed by atoms with Crippen LogP contribution in [0, 0.1) is 0 Å². The fourth-order valence-electron chi connectivity index (χ4n) is 3.62. The molecule has 0 radical (unpaired) electrons. The molecule has 0 spiro atoms. The van der Waals surface area contributed by atoms with Crippen molar-refractivity contribution in [3.05, 3.63) is 82.9 Å². The Bertz CT molecular complexity index is 951. The van der Waals surface area contributed by atoms with Gasteiger partial charge in [0.25, 0.3) is 0 Å². The molecule has 1 aliphatic heterocycles. The van der Waals surface area contributed by atoms with Gasteiger partial charge < -0.3 is 10.1 Å². The van der Waals surface area contributed by atoms with E-state index in [4.69, 9.17) is 0 Å². The van der Waals surface area contributed by atoms with Crippen molar-refractivity contribution < 1.29 is 18.3 Å². The van der Waals surface area contributed by atoms with Crippen LogP contribution in [0.4, 0.5) is 13.2 Å². The number of nitrogens with one attached hydrogen (secondary N) is 1. The molecule has 2 aromatic carbocycles. The van der Waals surface area contributed by atoms with Crippen LogP contribution in [0.1, 0.15) is 34.0 Å². The minimum Gasteiger partial charge on any atom is -0.508 e. The normalized spacial score (nSPS) is 17.7. The molecule has 0 fully saturated rings. The van der Waals surface area contributed by atoms with Gasteiger partial charge >= 0.3 is 6.18 Å². The van der Waals surface area contributed by atoms with Crippen LogP contribution in [0.25, 0.3) is 0 Å². The predicted octanol–water partition coefficient (Wildman–Crippen LogP) is 4.28. The van der Waals surface area contributed by atoms with Crippen molar-refractivity contribution in [1.82, 2.24) is 14.9 Å². The van der Waals surface area contributed by atoms with E-state index in [1.807, 2.05) is 6.07 Å². The summed E-state index contributed by atoms with van der Waals surface area (Å²) in [5, 5.41) is 9.80. The maximum absolute atomic E-state index is 13.0. The topological polar surface area (TPSA) is 52.1 Å². The van der Waals surface area contributed by atoms with Crippen LogP contribution in [0.15, 0.2) is 54.9 Å². The molecule has 0 amide bonds. The number of halogens is 3. The second kappa shape index (κ2) is 6.74. The number of nitrogens with zero attached hydrogens (tertiary/aromatic N) is 2. The molecule has 0 saturated heterocycles. The summed E-state index contributed by atoms with van der Waals surface area (Å²) in [5.74, 6) is 0.123. The number of imidazole rings is 1. The van der Waals surface area contributed by atoms with E-state index in [0.29, 0.717) is 25.2 Å². The second-order valence-electron chi connectivity index (χ2n) is 6.78. The SMILES string of the molecule is Oc1cccc(C2CN(Cc3cccc(C(F)(F)F)c3)Cc3[nH]cnc32)c1. The van der Waals surface area contributed by atoms with Crippen molar-refractivity contribution in [2.24, 2.45) is 0 Å². The Morgan fingerprint density at radius 3 is 2.74 bits per heavy atom. The molecule has 3 aromatic rings. The molecule has 27 heavy (non-hydrogen) atoms. The van der Waals surface area contributed by atoms with Gasteiger partial charge in [0.1, 0.15) is 5.75 Å². The van der Waals surface area contributed by atoms with E-state index in [2.05, 4.69) is 14.9 Å². The molecule has 1 atom stereocenters. The first-order chi connectivity index (χ1) is 12.9. The number of aromatic hydroxyl groups is 1. The molecule has 0 bridgehead atoms. The highest BCUT2D eigenvalue weighted by molar-refractivity contribution is 5.37. The van der Waals surface area contributed by atoms with Gasteiger partial charge in [-0.15, -0.1) is 0 Å². The van der Waals surface area contributed by atoms with E-state index >= 15 is 0 Å². The quantitative estimate of drug-likeness (QED) is 0.720. The summed E-state index contributed by atoms with van der Waals surface area (Å²) in [7, 11) is 0. The average molecular weight is 373 g/mol. The Morgan fingerprint density at radius 1 is 1.15 bits per heavy atom. The van der Waals surface area contributed by atoms with E-state index in [9.17, 15) is 18.3 Å². The third kappa shape index (κ3) is 3.68. The molecule has 0 saturated carbocycles. The monoisotopic (exact) mass is 373 g/mol. The van der Waals surface area contributed by atoms with Crippen molar-refractivity contribution in [3.8, 4) is 5.75 Å². The third-order valence-electron chi connectivity index (χ3n) is 4.84. The van der Waals surface area contributed by atoms with E-state index in [0.717, 1.165) is 23.0 Å². The standard InChI is InChI=1S/C20H18F3N3O/c21-20(22,23)15-5-1-3-13(7-15)9-26-10-17(14-4-2-6-16(27)8-14)19-18(11-26)24-12-25-19/h1-8,12,17,27H,9-11H2,(H,24,25). The molecule has 1 unspecified atom stereocenters. The minimum absolute atomic E-state index is 0.0575. The first-order valence-corrected chi connectivity index (χ1v) is 8.60. The number of aromatic amines is 1. The maximum Gasteiger partial charge on any atom is 0.416 e. The number of H-pyrrole nitrogens is 1. The molecule has 2 N–H and O–H groups in total. The number of hydrogen-bond acceptors (Lipinski definition) is 3. The van der Waals surface area contributed by atoms with Crippen LogP contribution in [-0.4, -0.2) is 26.5 Å². The number of fused-ring (bicyclic) bond motifs is 1. The van der Waals surface area contributed by atoms with Crippen molar-refractivity contribution in [2.75, 3.05) is 6.54 Å². The van der Waals surface area contributed by atoms with Crippen molar-refractivity contribution in [1.29, 1.82) is 0 Å². The lowest BCUT2D eigenvalue weighted by Crippen LogP contribution is -2.33.